The maximum Gasteiger partial charge on any atom is 0.102 e. The van der Waals surface area contributed by atoms with Crippen molar-refractivity contribution in [1.29, 1.82) is 5.26 Å². The second kappa shape index (κ2) is 7.68. The standard InChI is InChI=1S/C27H41N3/c1-17-5-7-22-21(11-17)6-8-24-23(22)9-10-27(4)25(12-18(2)26(24)27)19(3)15-30-16-20(13-28)14-29-30/h14,16-19,21-26H,5-12,15H2,1-4H3/t17?,18-,19-,21?,22?,23-,24?,25-,26+,27?/m1/s1. The molecule has 4 aliphatic rings. The Kier molecular flexibility index (Phi) is 5.27. The highest BCUT2D eigenvalue weighted by molar-refractivity contribution is 5.21. The normalized spacial score (nSPS) is 46.4. The lowest BCUT2D eigenvalue weighted by atomic mass is 9.48. The third kappa shape index (κ3) is 3.25. The number of rotatable bonds is 3. The summed E-state index contributed by atoms with van der Waals surface area (Å²) in [6, 6.07) is 2.22. The molecule has 4 saturated carbocycles. The van der Waals surface area contributed by atoms with Crippen molar-refractivity contribution < 1.29 is 0 Å². The van der Waals surface area contributed by atoms with Gasteiger partial charge in [-0.15, -0.1) is 0 Å². The van der Waals surface area contributed by atoms with Gasteiger partial charge in [0.25, 0.3) is 0 Å². The Balaban J connectivity index is 1.34. The van der Waals surface area contributed by atoms with Crippen LogP contribution in [0.3, 0.4) is 0 Å². The largest absolute Gasteiger partial charge is 0.271 e. The molecule has 10 atom stereocenters. The van der Waals surface area contributed by atoms with Gasteiger partial charge in [-0.1, -0.05) is 34.1 Å². The summed E-state index contributed by atoms with van der Waals surface area (Å²) in [7, 11) is 0. The number of hydrogen-bond donors (Lipinski definition) is 0. The number of nitrogens with zero attached hydrogens (tertiary/aromatic N) is 3. The van der Waals surface area contributed by atoms with Crippen LogP contribution in [0.5, 0.6) is 0 Å². The van der Waals surface area contributed by atoms with Gasteiger partial charge >= 0.3 is 0 Å². The van der Waals surface area contributed by atoms with Gasteiger partial charge < -0.3 is 0 Å². The zero-order valence-electron chi connectivity index (χ0n) is 19.6. The zero-order chi connectivity index (χ0) is 21.0. The van der Waals surface area contributed by atoms with Gasteiger partial charge in [0.15, 0.2) is 0 Å². The van der Waals surface area contributed by atoms with Crippen LogP contribution in [0, 0.1) is 70.0 Å². The van der Waals surface area contributed by atoms with Crippen molar-refractivity contribution >= 4 is 0 Å². The van der Waals surface area contributed by atoms with Crippen molar-refractivity contribution in [1.82, 2.24) is 9.78 Å². The van der Waals surface area contributed by atoms with E-state index < -0.39 is 0 Å². The minimum absolute atomic E-state index is 0.500. The van der Waals surface area contributed by atoms with Crippen molar-refractivity contribution in [3.05, 3.63) is 18.0 Å². The minimum atomic E-state index is 0.500. The van der Waals surface area contributed by atoms with Crippen LogP contribution < -0.4 is 0 Å². The van der Waals surface area contributed by atoms with Gasteiger partial charge in [0.2, 0.25) is 0 Å². The molecule has 1 aromatic heterocycles. The molecule has 4 aliphatic carbocycles. The topological polar surface area (TPSA) is 41.6 Å². The third-order valence-corrected chi connectivity index (χ3v) is 10.5. The third-order valence-electron chi connectivity index (χ3n) is 10.5. The number of fused-ring (bicyclic) bond motifs is 5. The Morgan fingerprint density at radius 2 is 1.93 bits per heavy atom. The van der Waals surface area contributed by atoms with Crippen LogP contribution >= 0.6 is 0 Å². The van der Waals surface area contributed by atoms with E-state index in [-0.39, 0.29) is 0 Å². The molecular weight excluding hydrogens is 366 g/mol. The number of hydrogen-bond acceptors (Lipinski definition) is 2. The summed E-state index contributed by atoms with van der Waals surface area (Å²) < 4.78 is 2.02. The molecule has 30 heavy (non-hydrogen) atoms. The van der Waals surface area contributed by atoms with Crippen LogP contribution in [0.25, 0.3) is 0 Å². The second-order valence-corrected chi connectivity index (χ2v) is 12.2. The summed E-state index contributed by atoms with van der Waals surface area (Å²) in [5.41, 5.74) is 1.19. The van der Waals surface area contributed by atoms with Crippen LogP contribution in [-0.2, 0) is 6.54 Å². The first kappa shape index (κ1) is 20.6. The van der Waals surface area contributed by atoms with Crippen LogP contribution in [0.2, 0.25) is 0 Å². The molecule has 0 amide bonds. The first-order valence-electron chi connectivity index (χ1n) is 12.8. The van der Waals surface area contributed by atoms with E-state index in [1.165, 1.54) is 51.4 Å². The van der Waals surface area contributed by atoms with Crippen molar-refractivity contribution in [2.24, 2.45) is 58.7 Å². The summed E-state index contributed by atoms with van der Waals surface area (Å²) in [5, 5.41) is 13.6. The maximum absolute atomic E-state index is 9.13. The Labute approximate surface area is 183 Å². The lowest BCUT2D eigenvalue weighted by molar-refractivity contribution is -0.0818. The van der Waals surface area contributed by atoms with E-state index in [1.54, 1.807) is 6.20 Å². The smallest absolute Gasteiger partial charge is 0.102 e. The van der Waals surface area contributed by atoms with Gasteiger partial charge in [0, 0.05) is 12.7 Å². The maximum atomic E-state index is 9.13. The fourth-order valence-electron chi connectivity index (χ4n) is 9.51. The van der Waals surface area contributed by atoms with Gasteiger partial charge in [-0.2, -0.15) is 10.4 Å². The highest BCUT2D eigenvalue weighted by Crippen LogP contribution is 2.67. The van der Waals surface area contributed by atoms with Crippen molar-refractivity contribution in [2.45, 2.75) is 85.6 Å². The van der Waals surface area contributed by atoms with E-state index in [9.17, 15) is 0 Å². The number of aromatic nitrogens is 2. The van der Waals surface area contributed by atoms with Crippen LogP contribution in [-0.4, -0.2) is 9.78 Å². The fourth-order valence-corrected chi connectivity index (χ4v) is 9.51. The van der Waals surface area contributed by atoms with E-state index in [0.717, 1.165) is 53.9 Å². The molecule has 5 unspecified atom stereocenters. The molecule has 0 aliphatic heterocycles. The highest BCUT2D eigenvalue weighted by Gasteiger charge is 2.59. The second-order valence-electron chi connectivity index (χ2n) is 12.2. The predicted octanol–water partition coefficient (Wildman–Crippen LogP) is 6.54. The molecule has 5 rings (SSSR count). The molecule has 0 radical (unpaired) electrons. The summed E-state index contributed by atoms with van der Waals surface area (Å²) in [4.78, 5) is 0. The molecule has 1 heterocycles. The summed E-state index contributed by atoms with van der Waals surface area (Å²) >= 11 is 0. The zero-order valence-corrected chi connectivity index (χ0v) is 19.6. The summed E-state index contributed by atoms with van der Waals surface area (Å²) in [5.74, 6) is 8.26. The average Bonchev–Trinajstić information content (AvgIpc) is 3.29. The number of nitriles is 1. The van der Waals surface area contributed by atoms with Crippen molar-refractivity contribution in [3.8, 4) is 6.07 Å². The fraction of sp³-hybridized carbons (Fsp3) is 0.852. The van der Waals surface area contributed by atoms with Crippen LogP contribution in [0.1, 0.15) is 84.6 Å². The van der Waals surface area contributed by atoms with Crippen LogP contribution in [0.4, 0.5) is 0 Å². The van der Waals surface area contributed by atoms with Crippen molar-refractivity contribution in [3.63, 3.8) is 0 Å². The molecule has 164 valence electrons. The summed E-state index contributed by atoms with van der Waals surface area (Å²) in [6.45, 7) is 11.1. The van der Waals surface area contributed by atoms with E-state index in [1.807, 2.05) is 10.9 Å². The minimum Gasteiger partial charge on any atom is -0.271 e. The molecule has 0 aromatic carbocycles. The predicted molar refractivity (Wildman–Crippen MR) is 120 cm³/mol. The van der Waals surface area contributed by atoms with E-state index in [4.69, 9.17) is 5.26 Å². The Hall–Kier alpha value is -1.30. The molecule has 3 heteroatoms. The summed E-state index contributed by atoms with van der Waals surface area (Å²) in [6.07, 6.45) is 15.5. The first-order valence-corrected chi connectivity index (χ1v) is 12.8. The van der Waals surface area contributed by atoms with Gasteiger partial charge in [0.1, 0.15) is 6.07 Å². The molecule has 3 nitrogen and oxygen atoms in total. The Bertz CT molecular complexity index is 805. The SMILES string of the molecule is CC1CCC2C(CCC3[C@@H]2CCC2(C)[C@@H]([C@H](C)Cn4cc(C#N)cn4)C[C@@H](C)[C@@H]32)C1. The molecule has 0 bridgehead atoms. The van der Waals surface area contributed by atoms with Crippen LogP contribution in [0.15, 0.2) is 12.4 Å². The van der Waals surface area contributed by atoms with Gasteiger partial charge in [-0.25, -0.2) is 0 Å². The lowest BCUT2D eigenvalue weighted by Crippen LogP contribution is -2.50. The van der Waals surface area contributed by atoms with Gasteiger partial charge in [-0.05, 0) is 104 Å². The van der Waals surface area contributed by atoms with E-state index >= 15 is 0 Å². The average molecular weight is 408 g/mol. The molecular formula is C27H41N3. The van der Waals surface area contributed by atoms with Gasteiger partial charge in [-0.3, -0.25) is 4.68 Å². The molecule has 0 N–H and O–H groups in total. The van der Waals surface area contributed by atoms with E-state index in [0.29, 0.717) is 16.9 Å². The van der Waals surface area contributed by atoms with Gasteiger partial charge in [0.05, 0.1) is 11.8 Å². The monoisotopic (exact) mass is 407 g/mol. The molecule has 0 spiro atoms. The molecule has 1 aromatic rings. The van der Waals surface area contributed by atoms with Crippen molar-refractivity contribution in [2.75, 3.05) is 0 Å². The Morgan fingerprint density at radius 3 is 2.70 bits per heavy atom. The highest BCUT2D eigenvalue weighted by atomic mass is 15.3. The first-order chi connectivity index (χ1) is 14.4. The molecule has 0 saturated heterocycles. The molecule has 4 fully saturated rings. The quantitative estimate of drug-likeness (QED) is 0.570. The lowest BCUT2D eigenvalue weighted by Gasteiger charge is -2.57. The van der Waals surface area contributed by atoms with E-state index in [2.05, 4.69) is 38.9 Å². The Morgan fingerprint density at radius 1 is 1.13 bits per heavy atom.